The average Bonchev–Trinajstić information content (AvgIpc) is 4.08. The lowest BCUT2D eigenvalue weighted by Crippen LogP contribution is -2.41. The van der Waals surface area contributed by atoms with Crippen LogP contribution in [0.4, 0.5) is 0 Å². The van der Waals surface area contributed by atoms with Crippen molar-refractivity contribution in [2.75, 3.05) is 108 Å². The molecule has 78 heavy (non-hydrogen) atoms. The summed E-state index contributed by atoms with van der Waals surface area (Å²) in [6, 6.07) is 26.9. The predicted molar refractivity (Wildman–Crippen MR) is 320 cm³/mol. The van der Waals surface area contributed by atoms with Gasteiger partial charge in [-0.05, 0) is 186 Å². The Morgan fingerprint density at radius 2 is 0.603 bits per heavy atom. The number of halogens is 2. The molecule has 2 fully saturated rings. The summed E-state index contributed by atoms with van der Waals surface area (Å²) in [5, 5.41) is 0. The summed E-state index contributed by atoms with van der Waals surface area (Å²) in [5.41, 5.74) is 10.9. The van der Waals surface area contributed by atoms with Crippen molar-refractivity contribution in [2.24, 2.45) is 0 Å². The Hall–Kier alpha value is -2.51. The highest BCUT2D eigenvalue weighted by Gasteiger charge is 2.54. The van der Waals surface area contributed by atoms with Gasteiger partial charge in [-0.25, -0.2) is 0 Å². The van der Waals surface area contributed by atoms with E-state index in [1.54, 1.807) is 28.4 Å². The van der Waals surface area contributed by atoms with E-state index in [4.69, 9.17) is 56.5 Å². The van der Waals surface area contributed by atoms with Crippen molar-refractivity contribution in [2.45, 2.75) is 140 Å². The third-order valence-corrected chi connectivity index (χ3v) is 18.0. The van der Waals surface area contributed by atoms with E-state index >= 15 is 0 Å². The van der Waals surface area contributed by atoms with E-state index in [0.717, 1.165) is 71.2 Å². The largest absolute Gasteiger partial charge is 0.494 e. The first-order valence-electron chi connectivity index (χ1n) is 28.2. The third kappa shape index (κ3) is 14.4. The zero-order chi connectivity index (χ0) is 56.2. The molecule has 0 spiro atoms. The van der Waals surface area contributed by atoms with Gasteiger partial charge in [0.05, 0.1) is 75.3 Å². The average molecular weight is 1210 g/mol. The smallest absolute Gasteiger partial charge is 0.399 e. The summed E-state index contributed by atoms with van der Waals surface area (Å²) >= 11 is 7.52. The molecule has 2 aliphatic heterocycles. The summed E-state index contributed by atoms with van der Waals surface area (Å²) in [6.45, 7) is 24.5. The minimum absolute atomic E-state index is 0.163. The van der Waals surface area contributed by atoms with Crippen LogP contribution < -0.4 is 10.9 Å². The van der Waals surface area contributed by atoms with Gasteiger partial charge in [0.25, 0.3) is 0 Å². The Labute approximate surface area is 484 Å². The SMILES string of the molecule is COCCOCCCC1(CCCOCCOC)c2cc(Br)ccc2-c2ccc(B3OC(C)(C)C(C)(C)O3)cc21.COCCOCCCC1(CCCOCCOC)c2cc(Br)ccc2-c2ccc(B3OC(C)(C)C(C)(C)O3)cc21. The molecule has 2 aliphatic carbocycles. The summed E-state index contributed by atoms with van der Waals surface area (Å²) in [5.74, 6) is 0. The van der Waals surface area contributed by atoms with Crippen molar-refractivity contribution in [3.05, 3.63) is 104 Å². The molecule has 0 atom stereocenters. The van der Waals surface area contributed by atoms with Gasteiger partial charge in [0, 0.05) is 74.6 Å². The number of methoxy groups -OCH3 is 4. The lowest BCUT2D eigenvalue weighted by molar-refractivity contribution is 0.00578. The minimum Gasteiger partial charge on any atom is -0.399 e. The molecule has 0 aromatic heterocycles. The Morgan fingerprint density at radius 1 is 0.346 bits per heavy atom. The van der Waals surface area contributed by atoms with Crippen LogP contribution in [0.5, 0.6) is 0 Å². The van der Waals surface area contributed by atoms with Gasteiger partial charge in [-0.3, -0.25) is 0 Å². The zero-order valence-electron chi connectivity index (χ0n) is 48.9. The fourth-order valence-electron chi connectivity index (χ4n) is 11.4. The Morgan fingerprint density at radius 3 is 0.872 bits per heavy atom. The Bertz CT molecular complexity index is 2320. The quantitative estimate of drug-likeness (QED) is 0.0366. The van der Waals surface area contributed by atoms with Crippen LogP contribution in [-0.4, -0.2) is 144 Å². The highest BCUT2D eigenvalue weighted by Crippen LogP contribution is 2.56. The lowest BCUT2D eigenvalue weighted by atomic mass is 9.69. The number of hydrogen-bond donors (Lipinski definition) is 0. The van der Waals surface area contributed by atoms with E-state index in [9.17, 15) is 0 Å². The van der Waals surface area contributed by atoms with Gasteiger partial charge < -0.3 is 56.5 Å². The Kier molecular flexibility index (Phi) is 22.8. The fraction of sp³-hybridized carbons (Fsp3) is 0.613. The summed E-state index contributed by atoms with van der Waals surface area (Å²) in [4.78, 5) is 0. The predicted octanol–water partition coefficient (Wildman–Crippen LogP) is 11.8. The number of hydrogen-bond acceptors (Lipinski definition) is 12. The van der Waals surface area contributed by atoms with Crippen LogP contribution in [0.1, 0.15) is 129 Å². The van der Waals surface area contributed by atoms with Crippen LogP contribution >= 0.6 is 31.9 Å². The first-order chi connectivity index (χ1) is 37.3. The molecule has 428 valence electrons. The molecular weight excluding hydrogens is 1120 g/mol. The second-order valence-electron chi connectivity index (χ2n) is 23.2. The normalized spacial score (nSPS) is 18.4. The van der Waals surface area contributed by atoms with Crippen molar-refractivity contribution < 1.29 is 56.5 Å². The summed E-state index contributed by atoms with van der Waals surface area (Å²) in [6.07, 6.45) is 7.67. The molecular formula is C62H88B2Br2O12. The highest BCUT2D eigenvalue weighted by molar-refractivity contribution is 9.10. The van der Waals surface area contributed by atoms with Gasteiger partial charge >= 0.3 is 14.2 Å². The second kappa shape index (κ2) is 28.2. The van der Waals surface area contributed by atoms with Crippen LogP contribution in [0.25, 0.3) is 22.3 Å². The highest BCUT2D eigenvalue weighted by atomic mass is 79.9. The van der Waals surface area contributed by atoms with Gasteiger partial charge in [-0.1, -0.05) is 80.4 Å². The monoisotopic (exact) mass is 1200 g/mol. The van der Waals surface area contributed by atoms with E-state index in [2.05, 4.69) is 160 Å². The molecule has 0 bridgehead atoms. The number of fused-ring (bicyclic) bond motifs is 6. The molecule has 2 heterocycles. The van der Waals surface area contributed by atoms with E-state index in [1.807, 2.05) is 0 Å². The molecule has 0 unspecified atom stereocenters. The lowest BCUT2D eigenvalue weighted by Gasteiger charge is -2.33. The number of ether oxygens (including phenoxy) is 8. The van der Waals surface area contributed by atoms with Crippen LogP contribution in [0.15, 0.2) is 81.7 Å². The minimum atomic E-state index is -0.400. The number of benzene rings is 4. The van der Waals surface area contributed by atoms with Crippen molar-refractivity contribution in [1.29, 1.82) is 0 Å². The molecule has 0 saturated carbocycles. The first kappa shape index (κ1) is 63.1. The van der Waals surface area contributed by atoms with Gasteiger partial charge in [0.15, 0.2) is 0 Å². The van der Waals surface area contributed by atoms with Gasteiger partial charge in [0.1, 0.15) is 0 Å². The fourth-order valence-corrected chi connectivity index (χ4v) is 12.2. The summed E-state index contributed by atoms with van der Waals surface area (Å²) < 4.78 is 72.2. The molecule has 4 aromatic rings. The van der Waals surface area contributed by atoms with Gasteiger partial charge in [-0.2, -0.15) is 0 Å². The molecule has 0 N–H and O–H groups in total. The van der Waals surface area contributed by atoms with Gasteiger partial charge in [-0.15, -0.1) is 0 Å². The van der Waals surface area contributed by atoms with Crippen LogP contribution in [0.2, 0.25) is 0 Å². The third-order valence-electron chi connectivity index (χ3n) is 17.0. The van der Waals surface area contributed by atoms with Crippen molar-refractivity contribution in [1.82, 2.24) is 0 Å². The summed E-state index contributed by atoms with van der Waals surface area (Å²) in [7, 11) is 6.01. The maximum atomic E-state index is 6.45. The zero-order valence-corrected chi connectivity index (χ0v) is 52.1. The van der Waals surface area contributed by atoms with E-state index in [1.165, 1.54) is 44.5 Å². The molecule has 4 aromatic carbocycles. The van der Waals surface area contributed by atoms with Gasteiger partial charge in [0.2, 0.25) is 0 Å². The van der Waals surface area contributed by atoms with Crippen molar-refractivity contribution in [3.63, 3.8) is 0 Å². The molecule has 12 nitrogen and oxygen atoms in total. The topological polar surface area (TPSA) is 111 Å². The maximum Gasteiger partial charge on any atom is 0.494 e. The number of rotatable bonds is 30. The van der Waals surface area contributed by atoms with Crippen LogP contribution in [0, 0.1) is 0 Å². The standard InChI is InChI=1S/2C31H44BBrO6/c2*1-29(2)30(3,4)39-32(38-29)23-9-11-25-26-12-10-24(33)22-28(26)31(27(25)21-23,13-7-15-36-19-17-34-5)14-8-16-37-20-18-35-6/h2*9-12,21-22H,7-8,13-20H2,1-6H3. The Balaban J connectivity index is 0.000000226. The molecule has 0 radical (unpaired) electrons. The molecule has 8 rings (SSSR count). The van der Waals surface area contributed by atoms with Crippen LogP contribution in [0.3, 0.4) is 0 Å². The molecule has 2 saturated heterocycles. The van der Waals surface area contributed by atoms with Crippen molar-refractivity contribution >= 4 is 57.0 Å². The molecule has 4 aliphatic rings. The van der Waals surface area contributed by atoms with E-state index in [0.29, 0.717) is 79.3 Å². The van der Waals surface area contributed by atoms with E-state index in [-0.39, 0.29) is 33.2 Å². The van der Waals surface area contributed by atoms with Crippen LogP contribution in [-0.2, 0) is 67.3 Å². The van der Waals surface area contributed by atoms with Crippen molar-refractivity contribution in [3.8, 4) is 22.3 Å². The van der Waals surface area contributed by atoms with E-state index < -0.39 is 14.2 Å². The second-order valence-corrected chi connectivity index (χ2v) is 25.0. The first-order valence-corrected chi connectivity index (χ1v) is 29.8. The molecule has 0 amide bonds. The maximum absolute atomic E-state index is 6.45. The molecule has 16 heteroatoms.